The number of benzene rings is 3. The van der Waals surface area contributed by atoms with Crippen LogP contribution in [0.4, 0.5) is 4.79 Å². The van der Waals surface area contributed by atoms with Gasteiger partial charge in [-0.15, -0.1) is 0 Å². The average molecular weight is 701 g/mol. The van der Waals surface area contributed by atoms with Crippen LogP contribution in [-0.4, -0.2) is 52.8 Å². The third-order valence-corrected chi connectivity index (χ3v) is 11.9. The molecular formula is C44H52N4O4. The fraction of sp³-hybridized carbons (Fsp3) is 0.455. The summed E-state index contributed by atoms with van der Waals surface area (Å²) in [5.41, 5.74) is 7.23. The van der Waals surface area contributed by atoms with Crippen LogP contribution >= 0.6 is 0 Å². The number of aliphatic hydroxyl groups excluding tert-OH is 1. The maximum atomic E-state index is 13.2. The van der Waals surface area contributed by atoms with E-state index in [0.717, 1.165) is 102 Å². The number of pyridine rings is 1. The van der Waals surface area contributed by atoms with Gasteiger partial charge >= 0.3 is 6.03 Å². The predicted octanol–water partition coefficient (Wildman–Crippen LogP) is 7.73. The van der Waals surface area contributed by atoms with Crippen molar-refractivity contribution in [2.24, 2.45) is 17.8 Å². The van der Waals surface area contributed by atoms with Gasteiger partial charge in [0, 0.05) is 55.5 Å². The van der Waals surface area contributed by atoms with E-state index in [0.29, 0.717) is 6.54 Å². The van der Waals surface area contributed by atoms with Crippen LogP contribution in [0, 0.1) is 17.8 Å². The number of hydrogen-bond acceptors (Lipinski definition) is 6. The Morgan fingerprint density at radius 2 is 1.56 bits per heavy atom. The summed E-state index contributed by atoms with van der Waals surface area (Å²) in [4.78, 5) is 20.0. The van der Waals surface area contributed by atoms with E-state index < -0.39 is 6.29 Å². The molecule has 8 nitrogen and oxygen atoms in total. The van der Waals surface area contributed by atoms with Gasteiger partial charge in [0.2, 0.25) is 0 Å². The van der Waals surface area contributed by atoms with Crippen LogP contribution in [0.5, 0.6) is 0 Å². The van der Waals surface area contributed by atoms with E-state index in [2.05, 4.69) is 94.3 Å². The smallest absolute Gasteiger partial charge is 0.315 e. The summed E-state index contributed by atoms with van der Waals surface area (Å²) in [5.74, 6) is 2.38. The summed E-state index contributed by atoms with van der Waals surface area (Å²) in [6.45, 7) is 2.14. The molecule has 1 aliphatic heterocycles. The number of nitrogens with zero attached hydrogens (tertiary/aromatic N) is 2. The Morgan fingerprint density at radius 1 is 0.827 bits per heavy atom. The molecular weight excluding hydrogens is 649 g/mol. The summed E-state index contributed by atoms with van der Waals surface area (Å²) in [7, 11) is 2.14. The van der Waals surface area contributed by atoms with Gasteiger partial charge in [0.1, 0.15) is 0 Å². The lowest BCUT2D eigenvalue weighted by Gasteiger charge is -2.56. The molecule has 3 N–H and O–H groups in total. The molecule has 272 valence electrons. The zero-order valence-electron chi connectivity index (χ0n) is 30.3. The Morgan fingerprint density at radius 3 is 2.27 bits per heavy atom. The number of rotatable bonds is 12. The molecule has 0 radical (unpaired) electrons. The molecule has 2 amide bonds. The molecule has 9 rings (SSSR count). The van der Waals surface area contributed by atoms with Crippen molar-refractivity contribution in [3.63, 3.8) is 0 Å². The van der Waals surface area contributed by atoms with E-state index in [1.165, 1.54) is 19.3 Å². The highest BCUT2D eigenvalue weighted by molar-refractivity contribution is 5.75. The minimum absolute atomic E-state index is 0.000332. The summed E-state index contributed by atoms with van der Waals surface area (Å²) in [6, 6.07) is 30.9. The monoisotopic (exact) mass is 700 g/mol. The number of nitrogens with one attached hydrogen (secondary N) is 2. The number of ether oxygens (including phenoxy) is 2. The maximum absolute atomic E-state index is 13.2. The first-order valence-electron chi connectivity index (χ1n) is 19.2. The van der Waals surface area contributed by atoms with Crippen LogP contribution < -0.4 is 10.6 Å². The van der Waals surface area contributed by atoms with Crippen molar-refractivity contribution in [2.45, 2.75) is 88.6 Å². The molecule has 0 spiro atoms. The molecule has 1 saturated heterocycles. The minimum atomic E-state index is -0.538. The van der Waals surface area contributed by atoms with E-state index in [9.17, 15) is 9.90 Å². The second-order valence-corrected chi connectivity index (χ2v) is 16.0. The highest BCUT2D eigenvalue weighted by Crippen LogP contribution is 2.55. The fourth-order valence-corrected chi connectivity index (χ4v) is 9.78. The Bertz CT molecular complexity index is 1780. The number of amides is 2. The molecule has 4 aromatic rings. The van der Waals surface area contributed by atoms with Gasteiger partial charge in [0.25, 0.3) is 0 Å². The topological polar surface area (TPSA) is 96.0 Å². The second kappa shape index (κ2) is 15.5. The fourth-order valence-electron chi connectivity index (χ4n) is 9.78. The van der Waals surface area contributed by atoms with Crippen molar-refractivity contribution >= 4 is 6.03 Å². The van der Waals surface area contributed by atoms with Crippen molar-refractivity contribution in [1.29, 1.82) is 0 Å². The maximum Gasteiger partial charge on any atom is 0.315 e. The second-order valence-electron chi connectivity index (χ2n) is 16.0. The molecule has 5 aliphatic rings. The normalized spacial score (nSPS) is 27.8. The third-order valence-electron chi connectivity index (χ3n) is 11.9. The van der Waals surface area contributed by atoms with Crippen LogP contribution in [-0.2, 0) is 29.0 Å². The molecule has 4 aliphatic carbocycles. The highest BCUT2D eigenvalue weighted by Gasteiger charge is 2.51. The quantitative estimate of drug-likeness (QED) is 0.140. The van der Waals surface area contributed by atoms with Gasteiger partial charge in [-0.05, 0) is 115 Å². The minimum Gasteiger partial charge on any atom is -0.392 e. The largest absolute Gasteiger partial charge is 0.392 e. The summed E-state index contributed by atoms with van der Waals surface area (Å²) < 4.78 is 13.4. The van der Waals surface area contributed by atoms with Gasteiger partial charge < -0.3 is 30.1 Å². The Labute approximate surface area is 308 Å². The molecule has 8 heteroatoms. The molecule has 5 fully saturated rings. The first kappa shape index (κ1) is 35.0. The molecule has 3 aromatic carbocycles. The van der Waals surface area contributed by atoms with Gasteiger partial charge in [-0.1, -0.05) is 66.7 Å². The molecule has 4 saturated carbocycles. The molecule has 2 heterocycles. The lowest BCUT2D eigenvalue weighted by atomic mass is 9.53. The van der Waals surface area contributed by atoms with Crippen LogP contribution in [0.2, 0.25) is 0 Å². The lowest BCUT2D eigenvalue weighted by Crippen LogP contribution is -2.61. The van der Waals surface area contributed by atoms with Crippen molar-refractivity contribution < 1.29 is 19.4 Å². The zero-order valence-corrected chi connectivity index (χ0v) is 30.3. The molecule has 4 bridgehead atoms. The van der Waals surface area contributed by atoms with Crippen molar-refractivity contribution in [1.82, 2.24) is 20.5 Å². The lowest BCUT2D eigenvalue weighted by molar-refractivity contribution is -0.252. The van der Waals surface area contributed by atoms with E-state index >= 15 is 0 Å². The summed E-state index contributed by atoms with van der Waals surface area (Å²) in [5, 5.41) is 16.2. The zero-order chi connectivity index (χ0) is 35.5. The van der Waals surface area contributed by atoms with E-state index in [-0.39, 0.29) is 30.4 Å². The van der Waals surface area contributed by atoms with Crippen molar-refractivity contribution in [3.05, 3.63) is 125 Å². The molecule has 1 aromatic heterocycles. The Hall–Kier alpha value is -4.08. The van der Waals surface area contributed by atoms with Gasteiger partial charge in [-0.3, -0.25) is 4.98 Å². The van der Waals surface area contributed by atoms with Crippen LogP contribution in [0.3, 0.4) is 0 Å². The summed E-state index contributed by atoms with van der Waals surface area (Å²) in [6.07, 6.45) is 10.2. The molecule has 52 heavy (non-hydrogen) atoms. The number of carbonyl (C=O) groups is 1. The van der Waals surface area contributed by atoms with Crippen LogP contribution in [0.1, 0.15) is 85.3 Å². The van der Waals surface area contributed by atoms with Crippen molar-refractivity contribution in [2.75, 3.05) is 20.1 Å². The van der Waals surface area contributed by atoms with Crippen molar-refractivity contribution in [3.8, 4) is 11.1 Å². The van der Waals surface area contributed by atoms with E-state index in [1.807, 2.05) is 30.5 Å². The number of urea groups is 1. The Kier molecular flexibility index (Phi) is 10.4. The third kappa shape index (κ3) is 8.26. The van der Waals surface area contributed by atoms with Gasteiger partial charge in [-0.25, -0.2) is 4.79 Å². The van der Waals surface area contributed by atoms with Crippen LogP contribution in [0.25, 0.3) is 11.1 Å². The van der Waals surface area contributed by atoms with Crippen LogP contribution in [0.15, 0.2) is 97.2 Å². The Balaban J connectivity index is 0.939. The van der Waals surface area contributed by atoms with E-state index in [4.69, 9.17) is 9.47 Å². The van der Waals surface area contributed by atoms with Gasteiger partial charge in [0.05, 0.1) is 18.8 Å². The SMILES string of the molecule is CN(CCc1ccccn1)C[C@H]1C[C@@H](c2ccc(CO)cc2)O[C@@H](c2cccc(-c3cccc(CNC(=O)NC45CC6CC(CC(C6)C4)C5)c3)c2)O1. The molecule has 0 unspecified atom stereocenters. The van der Waals surface area contributed by atoms with Gasteiger partial charge in [-0.2, -0.15) is 0 Å². The number of aliphatic hydroxyl groups is 1. The average Bonchev–Trinajstić information content (AvgIpc) is 3.16. The number of hydrogen-bond donors (Lipinski definition) is 3. The summed E-state index contributed by atoms with van der Waals surface area (Å²) >= 11 is 0. The number of carbonyl (C=O) groups excluding carboxylic acids is 1. The predicted molar refractivity (Wildman–Crippen MR) is 202 cm³/mol. The van der Waals surface area contributed by atoms with Gasteiger partial charge in [0.15, 0.2) is 6.29 Å². The first-order valence-corrected chi connectivity index (χ1v) is 19.2. The van der Waals surface area contributed by atoms with E-state index in [1.54, 1.807) is 0 Å². The number of likely N-dealkylation sites (N-methyl/N-ethyl adjacent to an activating group) is 1. The standard InChI is InChI=1S/C44H52N4O4/c1-48(17-15-39-10-2-3-16-45-39)28-40-23-41(35-13-11-30(29-49)12-14-35)52-42(51-40)38-9-5-8-37(22-38)36-7-4-6-31(21-36)27-46-43(50)47-44-24-32-18-33(25-44)20-34(19-32)26-44/h2-14,16,21-22,32-34,40-42,49H,15,17-20,23-29H2,1H3,(H2,46,47,50)/t32?,33?,34?,40-,41+,42+,44?/m1/s1. The highest BCUT2D eigenvalue weighted by atomic mass is 16.7. The first-order chi connectivity index (χ1) is 25.4. The number of aromatic nitrogens is 1. The molecule has 3 atom stereocenters.